The molecule has 19 heavy (non-hydrogen) atoms. The van der Waals surface area contributed by atoms with Crippen LogP contribution >= 0.6 is 11.3 Å². The molecule has 1 aromatic rings. The summed E-state index contributed by atoms with van der Waals surface area (Å²) in [5, 5.41) is 4.25. The molecule has 0 aliphatic heterocycles. The zero-order valence-electron chi connectivity index (χ0n) is 11.7. The van der Waals surface area contributed by atoms with E-state index in [1.165, 1.54) is 43.4 Å². The number of thiazole rings is 1. The summed E-state index contributed by atoms with van der Waals surface area (Å²) in [6.45, 7) is 4.11. The van der Waals surface area contributed by atoms with Crippen molar-refractivity contribution in [3.05, 3.63) is 5.69 Å². The number of hydrogen-bond acceptors (Lipinski definition) is 4. The van der Waals surface area contributed by atoms with Gasteiger partial charge in [0.2, 0.25) is 5.91 Å². The summed E-state index contributed by atoms with van der Waals surface area (Å²) in [6, 6.07) is 0. The van der Waals surface area contributed by atoms with E-state index in [0.717, 1.165) is 5.69 Å². The molecule has 1 aromatic heterocycles. The van der Waals surface area contributed by atoms with Gasteiger partial charge in [0.1, 0.15) is 5.00 Å². The average molecular weight is 281 g/mol. The number of nitrogen functional groups attached to an aromatic ring is 1. The third kappa shape index (κ3) is 3.93. The Morgan fingerprint density at radius 3 is 2.68 bits per heavy atom. The highest BCUT2D eigenvalue weighted by molar-refractivity contribution is 7.19. The zero-order valence-corrected chi connectivity index (χ0v) is 12.6. The molecule has 3 N–H and O–H groups in total. The molecule has 106 valence electrons. The number of nitrogens with zero attached hydrogens (tertiary/aromatic N) is 1. The lowest BCUT2D eigenvalue weighted by Crippen LogP contribution is -2.18. The first-order chi connectivity index (χ1) is 9.06. The fourth-order valence-corrected chi connectivity index (χ4v) is 3.54. The predicted molar refractivity (Wildman–Crippen MR) is 80.4 cm³/mol. The minimum absolute atomic E-state index is 0.0796. The van der Waals surface area contributed by atoms with E-state index < -0.39 is 0 Å². The van der Waals surface area contributed by atoms with Crippen LogP contribution in [0.4, 0.5) is 10.1 Å². The second-order valence-corrected chi connectivity index (χ2v) is 6.71. The van der Waals surface area contributed by atoms with Crippen LogP contribution < -0.4 is 11.1 Å². The second kappa shape index (κ2) is 6.37. The van der Waals surface area contributed by atoms with Gasteiger partial charge in [-0.05, 0) is 24.7 Å². The van der Waals surface area contributed by atoms with Crippen LogP contribution in [0.3, 0.4) is 0 Å². The second-order valence-electron chi connectivity index (χ2n) is 5.68. The molecule has 0 atom stereocenters. The van der Waals surface area contributed by atoms with Crippen LogP contribution in [0.2, 0.25) is 0 Å². The summed E-state index contributed by atoms with van der Waals surface area (Å²) in [7, 11) is 0. The van der Waals surface area contributed by atoms with E-state index in [4.69, 9.17) is 5.73 Å². The van der Waals surface area contributed by atoms with Gasteiger partial charge in [-0.25, -0.2) is 4.98 Å². The largest absolute Gasteiger partial charge is 0.389 e. The van der Waals surface area contributed by atoms with Crippen molar-refractivity contribution in [1.29, 1.82) is 0 Å². The number of carbonyl (C=O) groups excluding carboxylic acids is 1. The van der Waals surface area contributed by atoms with Gasteiger partial charge in [-0.3, -0.25) is 4.79 Å². The molecule has 1 heterocycles. The third-order valence-corrected chi connectivity index (χ3v) is 4.49. The zero-order chi connectivity index (χ0) is 13.8. The summed E-state index contributed by atoms with van der Waals surface area (Å²) >= 11 is 1.37. The van der Waals surface area contributed by atoms with Crippen molar-refractivity contribution < 1.29 is 4.79 Å². The van der Waals surface area contributed by atoms with Gasteiger partial charge in [0.25, 0.3) is 0 Å². The van der Waals surface area contributed by atoms with Gasteiger partial charge >= 0.3 is 0 Å². The Labute approximate surface area is 118 Å². The maximum Gasteiger partial charge on any atom is 0.226 e. The lowest BCUT2D eigenvalue weighted by atomic mass is 9.87. The molecule has 1 fully saturated rings. The fourth-order valence-electron chi connectivity index (χ4n) is 2.63. The highest BCUT2D eigenvalue weighted by Gasteiger charge is 2.18. The average Bonchev–Trinajstić information content (AvgIpc) is 2.71. The van der Waals surface area contributed by atoms with Crippen LogP contribution in [0.25, 0.3) is 0 Å². The Hall–Kier alpha value is -1.10. The minimum Gasteiger partial charge on any atom is -0.389 e. The number of rotatable bonds is 4. The molecule has 0 radical (unpaired) electrons. The highest BCUT2D eigenvalue weighted by Crippen LogP contribution is 2.31. The Morgan fingerprint density at radius 1 is 1.42 bits per heavy atom. The molecule has 1 saturated carbocycles. The van der Waals surface area contributed by atoms with Crippen molar-refractivity contribution in [2.24, 2.45) is 5.92 Å². The van der Waals surface area contributed by atoms with Crippen molar-refractivity contribution >= 4 is 27.4 Å². The lowest BCUT2D eigenvalue weighted by molar-refractivity contribution is -0.117. The maximum absolute atomic E-state index is 12.0. The van der Waals surface area contributed by atoms with Crippen LogP contribution in [0.15, 0.2) is 0 Å². The molecular weight excluding hydrogens is 258 g/mol. The first kappa shape index (κ1) is 14.3. The summed E-state index contributed by atoms with van der Waals surface area (Å²) in [5.41, 5.74) is 6.79. The van der Waals surface area contributed by atoms with Crippen molar-refractivity contribution in [2.75, 3.05) is 11.1 Å². The van der Waals surface area contributed by atoms with E-state index >= 15 is 0 Å². The molecule has 1 aliphatic rings. The molecule has 0 unspecified atom stereocenters. The number of nitrogens with two attached hydrogens (primary N) is 1. The van der Waals surface area contributed by atoms with Crippen molar-refractivity contribution in [2.45, 2.75) is 58.3 Å². The highest BCUT2D eigenvalue weighted by atomic mass is 32.1. The molecule has 1 amide bonds. The van der Waals surface area contributed by atoms with Crippen molar-refractivity contribution in [1.82, 2.24) is 4.98 Å². The third-order valence-electron chi connectivity index (χ3n) is 3.67. The Morgan fingerprint density at radius 2 is 2.11 bits per heavy atom. The predicted octanol–water partition coefficient (Wildman–Crippen LogP) is 3.76. The Balaban J connectivity index is 1.89. The normalized spacial score (nSPS) is 16.8. The van der Waals surface area contributed by atoms with Crippen molar-refractivity contribution in [3.8, 4) is 0 Å². The van der Waals surface area contributed by atoms with Gasteiger partial charge < -0.3 is 11.1 Å². The number of carbonyl (C=O) groups is 1. The Bertz CT molecular complexity index is 436. The van der Waals surface area contributed by atoms with E-state index in [9.17, 15) is 4.79 Å². The molecule has 1 aliphatic carbocycles. The first-order valence-corrected chi connectivity index (χ1v) is 7.94. The standard InChI is InChI=1S/C14H23N3OS/c1-9(2)12-13(15)19-14(17-12)16-11(18)8-10-6-4-3-5-7-10/h9-10H,3-8,15H2,1-2H3,(H,16,17,18). The van der Waals surface area contributed by atoms with Crippen LogP contribution in [0, 0.1) is 5.92 Å². The van der Waals surface area contributed by atoms with Gasteiger partial charge in [-0.2, -0.15) is 0 Å². The fraction of sp³-hybridized carbons (Fsp3) is 0.714. The minimum atomic E-state index is 0.0796. The van der Waals surface area contributed by atoms with E-state index in [1.54, 1.807) is 0 Å². The van der Waals surface area contributed by atoms with Crippen LogP contribution in [-0.4, -0.2) is 10.9 Å². The monoisotopic (exact) mass is 281 g/mol. The molecule has 2 rings (SSSR count). The van der Waals surface area contributed by atoms with Crippen LogP contribution in [-0.2, 0) is 4.79 Å². The number of aromatic nitrogens is 1. The van der Waals surface area contributed by atoms with E-state index in [0.29, 0.717) is 28.4 Å². The van der Waals surface area contributed by atoms with Gasteiger partial charge in [0, 0.05) is 6.42 Å². The molecule has 0 aromatic carbocycles. The molecule has 0 spiro atoms. The molecule has 0 saturated heterocycles. The first-order valence-electron chi connectivity index (χ1n) is 7.12. The van der Waals surface area contributed by atoms with E-state index in [-0.39, 0.29) is 5.91 Å². The van der Waals surface area contributed by atoms with Gasteiger partial charge in [0.15, 0.2) is 5.13 Å². The molecular formula is C14H23N3OS. The van der Waals surface area contributed by atoms with Gasteiger partial charge in [0.05, 0.1) is 5.69 Å². The summed E-state index contributed by atoms with van der Waals surface area (Å²) in [5.74, 6) is 0.923. The number of hydrogen-bond donors (Lipinski definition) is 2. The van der Waals surface area contributed by atoms with E-state index in [2.05, 4.69) is 24.1 Å². The number of amides is 1. The topological polar surface area (TPSA) is 68.0 Å². The summed E-state index contributed by atoms with van der Waals surface area (Å²) in [6.07, 6.45) is 6.84. The molecule has 0 bridgehead atoms. The molecule has 5 heteroatoms. The van der Waals surface area contributed by atoms with Gasteiger partial charge in [-0.15, -0.1) is 0 Å². The quantitative estimate of drug-likeness (QED) is 0.883. The summed E-state index contributed by atoms with van der Waals surface area (Å²) in [4.78, 5) is 16.4. The summed E-state index contributed by atoms with van der Waals surface area (Å²) < 4.78 is 0. The van der Waals surface area contributed by atoms with Crippen LogP contribution in [0.5, 0.6) is 0 Å². The van der Waals surface area contributed by atoms with E-state index in [1.807, 2.05) is 0 Å². The smallest absolute Gasteiger partial charge is 0.226 e. The van der Waals surface area contributed by atoms with Gasteiger partial charge in [-0.1, -0.05) is 44.4 Å². The number of nitrogens with one attached hydrogen (secondary N) is 1. The van der Waals surface area contributed by atoms with Crippen LogP contribution in [0.1, 0.15) is 64.0 Å². The number of anilines is 2. The van der Waals surface area contributed by atoms with Crippen molar-refractivity contribution in [3.63, 3.8) is 0 Å². The Kier molecular flexibility index (Phi) is 4.80. The lowest BCUT2D eigenvalue weighted by Gasteiger charge is -2.20. The SMILES string of the molecule is CC(C)c1nc(NC(=O)CC2CCCCC2)sc1N. The maximum atomic E-state index is 12.0. The molecule has 4 nitrogen and oxygen atoms in total.